The van der Waals surface area contributed by atoms with E-state index in [9.17, 15) is 14.4 Å². The van der Waals surface area contributed by atoms with Crippen molar-refractivity contribution < 1.29 is 19.1 Å². The van der Waals surface area contributed by atoms with E-state index in [0.29, 0.717) is 18.8 Å². The molecule has 2 heterocycles. The largest absolute Gasteiger partial charge is 0.497 e. The van der Waals surface area contributed by atoms with Crippen LogP contribution >= 0.6 is 0 Å². The van der Waals surface area contributed by atoms with Crippen molar-refractivity contribution in [1.82, 2.24) is 15.1 Å². The third kappa shape index (κ3) is 6.30. The zero-order chi connectivity index (χ0) is 24.8. The van der Waals surface area contributed by atoms with Crippen LogP contribution in [0.2, 0.25) is 0 Å². The summed E-state index contributed by atoms with van der Waals surface area (Å²) in [7, 11) is 1.66. The van der Waals surface area contributed by atoms with Gasteiger partial charge in [-0.1, -0.05) is 18.2 Å². The summed E-state index contributed by atoms with van der Waals surface area (Å²) < 4.78 is 5.32. The molecule has 1 unspecified atom stereocenters. The van der Waals surface area contributed by atoms with E-state index >= 15 is 0 Å². The number of carbonyl (C=O) groups is 3. The number of aryl methyl sites for hydroxylation is 1. The van der Waals surface area contributed by atoms with Crippen LogP contribution in [0.15, 0.2) is 48.5 Å². The summed E-state index contributed by atoms with van der Waals surface area (Å²) in [5, 5.41) is 5.63. The monoisotopic (exact) mass is 479 g/mol. The molecule has 3 amide bonds. The van der Waals surface area contributed by atoms with Gasteiger partial charge in [0.1, 0.15) is 11.8 Å². The van der Waals surface area contributed by atoms with Crippen molar-refractivity contribution in [3.05, 3.63) is 54.1 Å². The summed E-state index contributed by atoms with van der Waals surface area (Å²) in [6, 6.07) is 14.6. The zero-order valence-corrected chi connectivity index (χ0v) is 20.3. The lowest BCUT2D eigenvalue weighted by Gasteiger charge is -2.39. The molecule has 1 atom stereocenters. The highest BCUT2D eigenvalue weighted by molar-refractivity contribution is 5.97. The molecule has 2 N–H and O–H groups in total. The Morgan fingerprint density at radius 3 is 2.57 bits per heavy atom. The van der Waals surface area contributed by atoms with Crippen molar-refractivity contribution in [3.63, 3.8) is 0 Å². The van der Waals surface area contributed by atoms with Crippen LogP contribution in [-0.2, 0) is 14.4 Å². The van der Waals surface area contributed by atoms with Crippen LogP contribution in [0.1, 0.15) is 12.0 Å². The minimum Gasteiger partial charge on any atom is -0.497 e. The summed E-state index contributed by atoms with van der Waals surface area (Å²) in [6.45, 7) is 6.03. The van der Waals surface area contributed by atoms with Crippen LogP contribution in [0.5, 0.6) is 5.75 Å². The van der Waals surface area contributed by atoms with Gasteiger partial charge in [0.25, 0.3) is 0 Å². The fourth-order valence-corrected chi connectivity index (χ4v) is 4.58. The normalized spacial score (nSPS) is 18.7. The van der Waals surface area contributed by atoms with Crippen LogP contribution in [0.25, 0.3) is 0 Å². The third-order valence-corrected chi connectivity index (χ3v) is 6.48. The molecule has 2 aromatic carbocycles. The van der Waals surface area contributed by atoms with Gasteiger partial charge in [-0.3, -0.25) is 19.3 Å². The number of rotatable bonds is 7. The summed E-state index contributed by atoms with van der Waals surface area (Å²) in [6.07, 6.45) is -0.0743. The average Bonchev–Trinajstić information content (AvgIpc) is 2.85. The smallest absolute Gasteiger partial charge is 0.243 e. The number of nitrogens with zero attached hydrogens (tertiary/aromatic N) is 3. The Hall–Kier alpha value is -3.59. The molecule has 35 heavy (non-hydrogen) atoms. The minimum absolute atomic E-state index is 0.0743. The van der Waals surface area contributed by atoms with Crippen LogP contribution in [0, 0.1) is 6.92 Å². The molecule has 0 bridgehead atoms. The number of methoxy groups -OCH3 is 1. The first kappa shape index (κ1) is 24.5. The SMILES string of the molecule is COc1cccc(N2CCN(CC(=O)N3CCNC(=O)C3CC(=O)Nc3cccc(C)c3)CC2)c1. The second-order valence-electron chi connectivity index (χ2n) is 8.98. The number of nitrogens with one attached hydrogen (secondary N) is 2. The second-order valence-corrected chi connectivity index (χ2v) is 8.98. The second kappa shape index (κ2) is 11.2. The summed E-state index contributed by atoms with van der Waals surface area (Å²) in [5.41, 5.74) is 2.81. The number of ether oxygens (including phenoxy) is 1. The van der Waals surface area contributed by atoms with Gasteiger partial charge >= 0.3 is 0 Å². The van der Waals surface area contributed by atoms with Crippen molar-refractivity contribution in [2.24, 2.45) is 0 Å². The van der Waals surface area contributed by atoms with E-state index < -0.39 is 6.04 Å². The first-order valence-electron chi connectivity index (χ1n) is 12.0. The lowest BCUT2D eigenvalue weighted by Crippen LogP contribution is -2.60. The first-order chi connectivity index (χ1) is 16.9. The molecule has 0 saturated carbocycles. The molecule has 186 valence electrons. The predicted molar refractivity (Wildman–Crippen MR) is 135 cm³/mol. The Kier molecular flexibility index (Phi) is 7.87. The van der Waals surface area contributed by atoms with Crippen molar-refractivity contribution in [2.45, 2.75) is 19.4 Å². The summed E-state index contributed by atoms with van der Waals surface area (Å²) in [5.74, 6) is 0.123. The van der Waals surface area contributed by atoms with Gasteiger partial charge in [0.15, 0.2) is 0 Å². The molecule has 0 aromatic heterocycles. The Bertz CT molecular complexity index is 1070. The first-order valence-corrected chi connectivity index (χ1v) is 12.0. The fourth-order valence-electron chi connectivity index (χ4n) is 4.58. The van der Waals surface area contributed by atoms with Gasteiger partial charge < -0.3 is 25.2 Å². The maximum atomic E-state index is 13.2. The molecule has 2 aliphatic rings. The molecule has 9 nitrogen and oxygen atoms in total. The highest BCUT2D eigenvalue weighted by Gasteiger charge is 2.35. The standard InChI is InChI=1S/C26H33N5O4/c1-19-5-3-6-20(15-19)28-24(32)17-23-26(34)27-9-10-31(23)25(33)18-29-11-13-30(14-12-29)21-7-4-8-22(16-21)35-2/h3-8,15-16,23H,9-14,17-18H2,1-2H3,(H,27,34)(H,28,32). The van der Waals surface area contributed by atoms with Crippen LogP contribution < -0.4 is 20.3 Å². The lowest BCUT2D eigenvalue weighted by molar-refractivity contribution is -0.145. The molecule has 2 fully saturated rings. The van der Waals surface area contributed by atoms with Crippen molar-refractivity contribution in [3.8, 4) is 5.75 Å². The van der Waals surface area contributed by atoms with Crippen LogP contribution in [0.4, 0.5) is 11.4 Å². The number of carbonyl (C=O) groups excluding carboxylic acids is 3. The van der Waals surface area contributed by atoms with E-state index in [1.54, 1.807) is 18.1 Å². The van der Waals surface area contributed by atoms with E-state index in [1.807, 2.05) is 43.3 Å². The minimum atomic E-state index is -0.806. The number of piperazine rings is 2. The molecule has 2 aliphatic heterocycles. The number of hydrogen-bond donors (Lipinski definition) is 2. The molecular weight excluding hydrogens is 446 g/mol. The number of anilines is 2. The molecular formula is C26H33N5O4. The maximum absolute atomic E-state index is 13.2. The molecule has 2 saturated heterocycles. The van der Waals surface area contributed by atoms with Crippen molar-refractivity contribution in [2.75, 3.05) is 63.1 Å². The molecule has 2 aromatic rings. The molecule has 9 heteroatoms. The molecule has 0 radical (unpaired) electrons. The van der Waals surface area contributed by atoms with E-state index in [2.05, 4.69) is 26.5 Å². The topological polar surface area (TPSA) is 94.2 Å². The highest BCUT2D eigenvalue weighted by atomic mass is 16.5. The average molecular weight is 480 g/mol. The van der Waals surface area contributed by atoms with Gasteiger partial charge in [-0.25, -0.2) is 0 Å². The Morgan fingerprint density at radius 1 is 1.06 bits per heavy atom. The fraction of sp³-hybridized carbons (Fsp3) is 0.423. The van der Waals surface area contributed by atoms with Gasteiger partial charge in [0.05, 0.1) is 20.1 Å². The number of hydrogen-bond acceptors (Lipinski definition) is 6. The summed E-state index contributed by atoms with van der Waals surface area (Å²) >= 11 is 0. The maximum Gasteiger partial charge on any atom is 0.243 e. The summed E-state index contributed by atoms with van der Waals surface area (Å²) in [4.78, 5) is 44.4. The van der Waals surface area contributed by atoms with Crippen molar-refractivity contribution in [1.29, 1.82) is 0 Å². The lowest BCUT2D eigenvalue weighted by atomic mass is 10.1. The van der Waals surface area contributed by atoms with E-state index in [4.69, 9.17) is 4.74 Å². The Balaban J connectivity index is 1.32. The van der Waals surface area contributed by atoms with Crippen molar-refractivity contribution >= 4 is 29.1 Å². The highest BCUT2D eigenvalue weighted by Crippen LogP contribution is 2.22. The third-order valence-electron chi connectivity index (χ3n) is 6.48. The van der Waals surface area contributed by atoms with E-state index in [0.717, 1.165) is 43.2 Å². The van der Waals surface area contributed by atoms with E-state index in [-0.39, 0.29) is 30.7 Å². The number of amides is 3. The molecule has 4 rings (SSSR count). The van der Waals surface area contributed by atoms with Crippen LogP contribution in [0.3, 0.4) is 0 Å². The molecule has 0 aliphatic carbocycles. The van der Waals surface area contributed by atoms with Gasteiger partial charge in [-0.15, -0.1) is 0 Å². The van der Waals surface area contributed by atoms with Gasteiger partial charge in [-0.2, -0.15) is 0 Å². The molecule has 0 spiro atoms. The van der Waals surface area contributed by atoms with Gasteiger partial charge in [0, 0.05) is 56.7 Å². The Morgan fingerprint density at radius 2 is 1.83 bits per heavy atom. The zero-order valence-electron chi connectivity index (χ0n) is 20.3. The van der Waals surface area contributed by atoms with Gasteiger partial charge in [0.2, 0.25) is 17.7 Å². The number of benzene rings is 2. The Labute approximate surface area is 206 Å². The van der Waals surface area contributed by atoms with Crippen LogP contribution in [-0.4, -0.2) is 86.5 Å². The van der Waals surface area contributed by atoms with Gasteiger partial charge in [-0.05, 0) is 36.8 Å². The predicted octanol–water partition coefficient (Wildman–Crippen LogP) is 1.48. The quantitative estimate of drug-likeness (QED) is 0.625. The van der Waals surface area contributed by atoms with E-state index in [1.165, 1.54) is 0 Å².